The molecule has 0 N–H and O–H groups in total. The highest BCUT2D eigenvalue weighted by Gasteiger charge is 2.23. The molecule has 0 amide bonds. The van der Waals surface area contributed by atoms with Crippen molar-refractivity contribution >= 4 is 53.4 Å². The van der Waals surface area contributed by atoms with Crippen LogP contribution in [0.4, 0.5) is 0 Å². The van der Waals surface area contributed by atoms with E-state index in [1.165, 1.54) is 13.8 Å². The molecule has 3 aromatic rings. The number of hydrogen-bond donors (Lipinski definition) is 0. The van der Waals surface area contributed by atoms with Crippen molar-refractivity contribution in [3.8, 4) is 0 Å². The molecule has 0 fully saturated rings. The van der Waals surface area contributed by atoms with Gasteiger partial charge in [-0.2, -0.15) is 0 Å². The van der Waals surface area contributed by atoms with Gasteiger partial charge in [-0.15, -0.1) is 22.7 Å². The second-order valence-electron chi connectivity index (χ2n) is 6.80. The van der Waals surface area contributed by atoms with Gasteiger partial charge in [0.25, 0.3) is 22.2 Å². The molecule has 2 atom stereocenters. The number of aromatic nitrogens is 2. The molecule has 0 aromatic carbocycles. The lowest BCUT2D eigenvalue weighted by molar-refractivity contribution is -0.147. The van der Waals surface area contributed by atoms with E-state index in [-0.39, 0.29) is 31.9 Å². The molecule has 2 unspecified atom stereocenters. The van der Waals surface area contributed by atoms with Crippen molar-refractivity contribution in [2.45, 2.75) is 53.0 Å². The Labute approximate surface area is 176 Å². The van der Waals surface area contributed by atoms with Crippen LogP contribution in [-0.4, -0.2) is 33.3 Å². The van der Waals surface area contributed by atoms with Crippen LogP contribution in [0.3, 0.4) is 0 Å². The van der Waals surface area contributed by atoms with Gasteiger partial charge in [0, 0.05) is 13.8 Å². The summed E-state index contributed by atoms with van der Waals surface area (Å²) in [6.07, 6.45) is -1.40. The maximum absolute atomic E-state index is 12.7. The van der Waals surface area contributed by atoms with E-state index in [9.17, 15) is 28.8 Å². The first-order chi connectivity index (χ1) is 14.0. The number of ether oxygens (including phenoxy) is 2. The fourth-order valence-corrected chi connectivity index (χ4v) is 5.53. The smallest absolute Gasteiger partial charge is 0.302 e. The molecule has 0 spiro atoms. The number of carbonyl (C=O) groups is 2. The summed E-state index contributed by atoms with van der Waals surface area (Å²) in [5, 5.41) is 0. The van der Waals surface area contributed by atoms with Crippen molar-refractivity contribution in [2.24, 2.45) is 0 Å². The van der Waals surface area contributed by atoms with Gasteiger partial charge >= 0.3 is 11.9 Å². The number of nitrogens with zero attached hydrogens (tertiary/aromatic N) is 2. The van der Waals surface area contributed by atoms with Gasteiger partial charge in [-0.1, -0.05) is 0 Å². The van der Waals surface area contributed by atoms with E-state index < -0.39 is 46.4 Å². The van der Waals surface area contributed by atoms with Crippen LogP contribution in [0.5, 0.6) is 0 Å². The van der Waals surface area contributed by atoms with E-state index >= 15 is 0 Å². The summed E-state index contributed by atoms with van der Waals surface area (Å²) < 4.78 is 12.1. The molecular formula is C18H18N2O8S2. The van der Waals surface area contributed by atoms with Crippen molar-refractivity contribution in [3.63, 3.8) is 0 Å². The normalized spacial score (nSPS) is 13.5. The van der Waals surface area contributed by atoms with Gasteiger partial charge in [-0.05, 0) is 13.8 Å². The number of fused-ring (bicyclic) bond motifs is 2. The minimum Gasteiger partial charge on any atom is -0.461 e. The summed E-state index contributed by atoms with van der Waals surface area (Å²) in [6.45, 7) is 5.27. The molecule has 3 heterocycles. The first kappa shape index (κ1) is 21.8. The number of hydrogen-bond acceptors (Lipinski definition) is 10. The Bertz CT molecular complexity index is 1200. The summed E-state index contributed by atoms with van der Waals surface area (Å²) in [5.41, 5.74) is -2.43. The van der Waals surface area contributed by atoms with Gasteiger partial charge < -0.3 is 9.47 Å². The Morgan fingerprint density at radius 1 is 0.700 bits per heavy atom. The molecule has 3 rings (SSSR count). The van der Waals surface area contributed by atoms with Gasteiger partial charge in [0.1, 0.15) is 31.0 Å². The summed E-state index contributed by atoms with van der Waals surface area (Å²) >= 11 is 1.57. The molecule has 0 radical (unpaired) electrons. The Morgan fingerprint density at radius 3 is 1.20 bits per heavy atom. The Balaban J connectivity index is 2.12. The van der Waals surface area contributed by atoms with E-state index in [1.54, 1.807) is 13.8 Å². The minimum atomic E-state index is -0.701. The summed E-state index contributed by atoms with van der Waals surface area (Å²) in [4.78, 5) is 73.0. The standard InChI is InChI=1S/C18H18N2O8S2/c1-7(27-9(3)21)5-19-15(23)11-12(16(19)24)30-14-13(29-11)17(25)20(18(14)26)6-8(2)28-10(4)22/h7-8H,5-6H2,1-4H3. The molecule has 0 bridgehead atoms. The Hall–Kier alpha value is -2.86. The minimum absolute atomic E-state index is 0.0646. The zero-order chi connectivity index (χ0) is 22.3. The Morgan fingerprint density at radius 2 is 0.967 bits per heavy atom. The second kappa shape index (κ2) is 8.11. The van der Waals surface area contributed by atoms with Crippen LogP contribution >= 0.6 is 22.7 Å². The van der Waals surface area contributed by atoms with Gasteiger partial charge in [0.2, 0.25) is 0 Å². The van der Waals surface area contributed by atoms with Gasteiger partial charge in [-0.3, -0.25) is 37.9 Å². The molecule has 12 heteroatoms. The maximum Gasteiger partial charge on any atom is 0.302 e. The van der Waals surface area contributed by atoms with Gasteiger partial charge in [0.05, 0.1) is 13.1 Å². The zero-order valence-corrected chi connectivity index (χ0v) is 18.2. The first-order valence-corrected chi connectivity index (χ1v) is 10.6. The molecule has 160 valence electrons. The largest absolute Gasteiger partial charge is 0.461 e. The number of carbonyl (C=O) groups excluding carboxylic acids is 2. The monoisotopic (exact) mass is 454 g/mol. The summed E-state index contributed by atoms with van der Waals surface area (Å²) in [7, 11) is 0. The van der Waals surface area contributed by atoms with Crippen LogP contribution in [0.15, 0.2) is 19.2 Å². The average Bonchev–Trinajstić information content (AvgIpc) is 3.00. The predicted octanol–water partition coefficient (Wildman–Crippen LogP) is 0.501. The van der Waals surface area contributed by atoms with E-state index in [0.717, 1.165) is 31.8 Å². The van der Waals surface area contributed by atoms with Crippen molar-refractivity contribution in [1.82, 2.24) is 9.13 Å². The molecule has 0 saturated carbocycles. The summed E-state index contributed by atoms with van der Waals surface area (Å²) in [5.74, 6) is -1.08. The van der Waals surface area contributed by atoms with Crippen LogP contribution in [0.25, 0.3) is 18.8 Å². The summed E-state index contributed by atoms with van der Waals surface area (Å²) in [6, 6.07) is 0. The second-order valence-corrected chi connectivity index (χ2v) is 8.84. The van der Waals surface area contributed by atoms with Crippen molar-refractivity contribution in [2.75, 3.05) is 0 Å². The van der Waals surface area contributed by atoms with E-state index in [0.29, 0.717) is 0 Å². The lowest BCUT2D eigenvalue weighted by atomic mass is 10.4. The zero-order valence-electron chi connectivity index (χ0n) is 16.5. The van der Waals surface area contributed by atoms with Crippen molar-refractivity contribution in [1.29, 1.82) is 0 Å². The van der Waals surface area contributed by atoms with Gasteiger partial charge in [0.15, 0.2) is 0 Å². The number of esters is 2. The van der Waals surface area contributed by atoms with Crippen LogP contribution in [0, 0.1) is 0 Å². The maximum atomic E-state index is 12.7. The molecule has 10 nitrogen and oxygen atoms in total. The molecule has 0 aliphatic carbocycles. The van der Waals surface area contributed by atoms with E-state index in [4.69, 9.17) is 9.47 Å². The van der Waals surface area contributed by atoms with E-state index in [2.05, 4.69) is 0 Å². The van der Waals surface area contributed by atoms with Crippen molar-refractivity contribution < 1.29 is 19.1 Å². The van der Waals surface area contributed by atoms with E-state index in [1.807, 2.05) is 0 Å². The quantitative estimate of drug-likeness (QED) is 0.492. The Kier molecular flexibility index (Phi) is 5.90. The highest BCUT2D eigenvalue weighted by molar-refractivity contribution is 7.36. The third-order valence-corrected chi connectivity index (χ3v) is 6.78. The van der Waals surface area contributed by atoms with Gasteiger partial charge in [-0.25, -0.2) is 0 Å². The van der Waals surface area contributed by atoms with Crippen LogP contribution in [-0.2, 0) is 32.2 Å². The average molecular weight is 454 g/mol. The lowest BCUT2D eigenvalue weighted by Gasteiger charge is -2.11. The lowest BCUT2D eigenvalue weighted by Crippen LogP contribution is -2.32. The molecule has 3 aromatic heterocycles. The third-order valence-electron chi connectivity index (χ3n) is 4.19. The predicted molar refractivity (Wildman–Crippen MR) is 112 cm³/mol. The molecular weight excluding hydrogens is 436 g/mol. The fourth-order valence-electron chi connectivity index (χ4n) is 3.11. The van der Waals surface area contributed by atoms with Crippen molar-refractivity contribution in [3.05, 3.63) is 41.4 Å². The molecule has 30 heavy (non-hydrogen) atoms. The highest BCUT2D eigenvalue weighted by atomic mass is 32.1. The molecule has 0 aliphatic rings. The highest BCUT2D eigenvalue weighted by Crippen LogP contribution is 2.26. The van der Waals surface area contributed by atoms with Crippen LogP contribution in [0.1, 0.15) is 27.7 Å². The van der Waals surface area contributed by atoms with Crippen LogP contribution in [0.2, 0.25) is 0 Å². The number of rotatable bonds is 6. The third kappa shape index (κ3) is 3.92. The first-order valence-electron chi connectivity index (χ1n) is 8.92. The molecule has 0 aliphatic heterocycles. The SMILES string of the molecule is CC(=O)OC(C)Cn1c(=O)c2sc3c(=O)n(CC(C)OC(C)=O)c(=O)c3sc2c1=O. The topological polar surface area (TPSA) is 131 Å². The fraction of sp³-hybridized carbons (Fsp3) is 0.444. The van der Waals surface area contributed by atoms with Crippen LogP contribution < -0.4 is 22.2 Å². The molecule has 0 saturated heterocycles.